The van der Waals surface area contributed by atoms with Crippen LogP contribution in [0.1, 0.15) is 23.5 Å². The zero-order valence-corrected chi connectivity index (χ0v) is 14.7. The maximum atomic E-state index is 11.4. The monoisotopic (exact) mass is 346 g/mol. The summed E-state index contributed by atoms with van der Waals surface area (Å²) in [6.45, 7) is 0. The van der Waals surface area contributed by atoms with Gasteiger partial charge >= 0.3 is 5.97 Å². The fourth-order valence-corrected chi connectivity index (χ4v) is 2.76. The molecule has 0 bridgehead atoms. The Morgan fingerprint density at radius 3 is 2.12 bits per heavy atom. The second kappa shape index (κ2) is 8.28. The Balaban J connectivity index is 2.55. The molecule has 25 heavy (non-hydrogen) atoms. The minimum Gasteiger partial charge on any atom is -0.497 e. The number of methoxy groups -OCH3 is 4. The molecule has 0 heterocycles. The lowest BCUT2D eigenvalue weighted by Gasteiger charge is -2.20. The van der Waals surface area contributed by atoms with Crippen molar-refractivity contribution in [2.45, 2.75) is 12.3 Å². The van der Waals surface area contributed by atoms with E-state index in [9.17, 15) is 9.90 Å². The third-order valence-electron chi connectivity index (χ3n) is 4.00. The van der Waals surface area contributed by atoms with Gasteiger partial charge in [-0.15, -0.1) is 0 Å². The van der Waals surface area contributed by atoms with Gasteiger partial charge in [0.15, 0.2) is 11.5 Å². The van der Waals surface area contributed by atoms with Crippen LogP contribution in [0.15, 0.2) is 36.4 Å². The number of carboxylic acid groups (broad SMARTS) is 1. The van der Waals surface area contributed by atoms with E-state index in [1.165, 1.54) is 0 Å². The molecule has 0 saturated heterocycles. The van der Waals surface area contributed by atoms with Gasteiger partial charge in [0, 0.05) is 17.5 Å². The van der Waals surface area contributed by atoms with Crippen molar-refractivity contribution < 1.29 is 28.8 Å². The maximum Gasteiger partial charge on any atom is 0.304 e. The largest absolute Gasteiger partial charge is 0.497 e. The van der Waals surface area contributed by atoms with Gasteiger partial charge in [-0.3, -0.25) is 4.79 Å². The normalized spacial score (nSPS) is 11.5. The molecule has 1 atom stereocenters. The van der Waals surface area contributed by atoms with Gasteiger partial charge < -0.3 is 24.1 Å². The van der Waals surface area contributed by atoms with E-state index in [-0.39, 0.29) is 6.42 Å². The predicted octanol–water partition coefficient (Wildman–Crippen LogP) is 3.33. The van der Waals surface area contributed by atoms with Crippen LogP contribution < -0.4 is 18.9 Å². The van der Waals surface area contributed by atoms with E-state index in [0.29, 0.717) is 23.0 Å². The molecule has 0 aliphatic carbocycles. The van der Waals surface area contributed by atoms with Crippen LogP contribution in [0.4, 0.5) is 0 Å². The molecule has 1 N–H and O–H groups in total. The van der Waals surface area contributed by atoms with Gasteiger partial charge in [0.2, 0.25) is 0 Å². The summed E-state index contributed by atoms with van der Waals surface area (Å²) in [7, 11) is 6.21. The molecular weight excluding hydrogens is 324 g/mol. The number of aliphatic carboxylic acids is 1. The summed E-state index contributed by atoms with van der Waals surface area (Å²) in [4.78, 5) is 11.4. The van der Waals surface area contributed by atoms with Crippen LogP contribution in [-0.2, 0) is 4.79 Å². The van der Waals surface area contributed by atoms with Crippen LogP contribution in [0.2, 0.25) is 0 Å². The smallest absolute Gasteiger partial charge is 0.304 e. The van der Waals surface area contributed by atoms with Crippen LogP contribution in [-0.4, -0.2) is 39.5 Å². The quantitative estimate of drug-likeness (QED) is 0.790. The molecule has 6 nitrogen and oxygen atoms in total. The molecule has 6 heteroatoms. The predicted molar refractivity (Wildman–Crippen MR) is 93.2 cm³/mol. The Kier molecular flexibility index (Phi) is 6.11. The average molecular weight is 346 g/mol. The van der Waals surface area contributed by atoms with E-state index >= 15 is 0 Å². The van der Waals surface area contributed by atoms with Crippen molar-refractivity contribution in [1.29, 1.82) is 0 Å². The summed E-state index contributed by atoms with van der Waals surface area (Å²) in [6.07, 6.45) is -0.0851. The lowest BCUT2D eigenvalue weighted by atomic mass is 9.87. The van der Waals surface area contributed by atoms with Crippen molar-refractivity contribution in [2.75, 3.05) is 28.4 Å². The average Bonchev–Trinajstić information content (AvgIpc) is 2.64. The molecule has 134 valence electrons. The number of ether oxygens (including phenoxy) is 4. The van der Waals surface area contributed by atoms with Gasteiger partial charge in [-0.25, -0.2) is 0 Å². The first-order valence-electron chi connectivity index (χ1n) is 7.69. The topological polar surface area (TPSA) is 74.2 Å². The zero-order chi connectivity index (χ0) is 18.4. The Labute approximate surface area is 146 Å². The molecule has 0 unspecified atom stereocenters. The Hall–Kier alpha value is -2.89. The summed E-state index contributed by atoms with van der Waals surface area (Å²) in [5.41, 5.74) is 1.56. The van der Waals surface area contributed by atoms with Crippen LogP contribution in [0.5, 0.6) is 23.0 Å². The van der Waals surface area contributed by atoms with E-state index in [1.807, 2.05) is 12.1 Å². The van der Waals surface area contributed by atoms with E-state index in [4.69, 9.17) is 18.9 Å². The zero-order valence-electron chi connectivity index (χ0n) is 14.7. The van der Waals surface area contributed by atoms with Crippen LogP contribution >= 0.6 is 0 Å². The first-order chi connectivity index (χ1) is 12.0. The van der Waals surface area contributed by atoms with Gasteiger partial charge in [0.1, 0.15) is 11.5 Å². The van der Waals surface area contributed by atoms with Crippen molar-refractivity contribution in [1.82, 2.24) is 0 Å². The fraction of sp³-hybridized carbons (Fsp3) is 0.316. The summed E-state index contributed by atoms with van der Waals surface area (Å²) in [5, 5.41) is 9.38. The van der Waals surface area contributed by atoms with E-state index in [0.717, 1.165) is 11.1 Å². The molecule has 0 amide bonds. The van der Waals surface area contributed by atoms with Gasteiger partial charge in [-0.2, -0.15) is 0 Å². The molecular formula is C19H22O6. The van der Waals surface area contributed by atoms with Gasteiger partial charge in [0.25, 0.3) is 0 Å². The molecule has 2 aromatic carbocycles. The minimum atomic E-state index is -0.905. The molecule has 0 aliphatic rings. The van der Waals surface area contributed by atoms with Crippen molar-refractivity contribution in [2.24, 2.45) is 0 Å². The first kappa shape index (κ1) is 18.4. The summed E-state index contributed by atoms with van der Waals surface area (Å²) >= 11 is 0. The van der Waals surface area contributed by atoms with Crippen LogP contribution in [0.3, 0.4) is 0 Å². The second-order valence-corrected chi connectivity index (χ2v) is 5.37. The van der Waals surface area contributed by atoms with Gasteiger partial charge in [-0.1, -0.05) is 12.1 Å². The number of benzene rings is 2. The molecule has 0 radical (unpaired) electrons. The lowest BCUT2D eigenvalue weighted by molar-refractivity contribution is -0.137. The molecule has 0 aromatic heterocycles. The van der Waals surface area contributed by atoms with Crippen molar-refractivity contribution in [3.8, 4) is 23.0 Å². The number of carbonyl (C=O) groups is 1. The fourth-order valence-electron chi connectivity index (χ4n) is 2.76. The second-order valence-electron chi connectivity index (χ2n) is 5.37. The molecule has 2 aromatic rings. The number of carboxylic acids is 1. The molecule has 0 aliphatic heterocycles. The molecule has 0 fully saturated rings. The highest BCUT2D eigenvalue weighted by atomic mass is 16.5. The van der Waals surface area contributed by atoms with Crippen molar-refractivity contribution in [3.05, 3.63) is 47.5 Å². The summed E-state index contributed by atoms with van der Waals surface area (Å²) < 4.78 is 21.2. The lowest BCUT2D eigenvalue weighted by Crippen LogP contribution is -2.10. The Bertz CT molecular complexity index is 741. The SMILES string of the molecule is COc1ccc([C@H](CC(=O)O)c2ccc(OC)c(OC)c2)c(OC)c1. The molecule has 0 spiro atoms. The highest BCUT2D eigenvalue weighted by molar-refractivity contribution is 5.70. The molecule has 2 rings (SSSR count). The minimum absolute atomic E-state index is 0.0851. The number of hydrogen-bond acceptors (Lipinski definition) is 5. The maximum absolute atomic E-state index is 11.4. The van der Waals surface area contributed by atoms with Gasteiger partial charge in [0.05, 0.1) is 34.9 Å². The highest BCUT2D eigenvalue weighted by Gasteiger charge is 2.23. The third kappa shape index (κ3) is 4.15. The van der Waals surface area contributed by atoms with Crippen LogP contribution in [0, 0.1) is 0 Å². The van der Waals surface area contributed by atoms with E-state index < -0.39 is 11.9 Å². The third-order valence-corrected chi connectivity index (χ3v) is 4.00. The van der Waals surface area contributed by atoms with Crippen molar-refractivity contribution in [3.63, 3.8) is 0 Å². The van der Waals surface area contributed by atoms with Crippen molar-refractivity contribution >= 4 is 5.97 Å². The van der Waals surface area contributed by atoms with E-state index in [2.05, 4.69) is 0 Å². The molecule has 0 saturated carbocycles. The van der Waals surface area contributed by atoms with Gasteiger partial charge in [-0.05, 0) is 23.8 Å². The number of rotatable bonds is 8. The summed E-state index contributed by atoms with van der Waals surface area (Å²) in [5.74, 6) is 1.03. The Morgan fingerprint density at radius 2 is 1.56 bits per heavy atom. The highest BCUT2D eigenvalue weighted by Crippen LogP contribution is 2.39. The summed E-state index contributed by atoms with van der Waals surface area (Å²) in [6, 6.07) is 10.7. The number of hydrogen-bond donors (Lipinski definition) is 1. The van der Waals surface area contributed by atoms with E-state index in [1.54, 1.807) is 52.7 Å². The Morgan fingerprint density at radius 1 is 0.880 bits per heavy atom. The first-order valence-corrected chi connectivity index (χ1v) is 7.69. The standard InChI is InChI=1S/C19H22O6/c1-22-13-6-7-14(17(10-13)24-3)15(11-19(20)21)12-5-8-16(23-2)18(9-12)25-4/h5-10,15H,11H2,1-4H3,(H,20,21)/t15-/m1/s1. The van der Waals surface area contributed by atoms with Crippen LogP contribution in [0.25, 0.3) is 0 Å².